The molecule has 0 saturated heterocycles. The van der Waals surface area contributed by atoms with Crippen LogP contribution in [0, 0.1) is 5.92 Å². The molecule has 2 nitrogen and oxygen atoms in total. The van der Waals surface area contributed by atoms with E-state index in [0.29, 0.717) is 0 Å². The van der Waals surface area contributed by atoms with E-state index in [-0.39, 0.29) is 0 Å². The highest BCUT2D eigenvalue weighted by Crippen LogP contribution is 2.25. The molecule has 0 bridgehead atoms. The average molecular weight is 232 g/mol. The van der Waals surface area contributed by atoms with E-state index < -0.39 is 0 Å². The third-order valence-electron chi connectivity index (χ3n) is 3.53. The van der Waals surface area contributed by atoms with Gasteiger partial charge >= 0.3 is 0 Å². The molecule has 94 valence electrons. The van der Waals surface area contributed by atoms with Crippen molar-refractivity contribution in [2.75, 3.05) is 33.7 Å². The first-order chi connectivity index (χ1) is 8.25. The van der Waals surface area contributed by atoms with E-state index in [9.17, 15) is 0 Å². The summed E-state index contributed by atoms with van der Waals surface area (Å²) < 4.78 is 0. The summed E-state index contributed by atoms with van der Waals surface area (Å²) in [5.74, 6) is 0.812. The molecule has 1 aliphatic carbocycles. The van der Waals surface area contributed by atoms with Crippen molar-refractivity contribution in [3.8, 4) is 0 Å². The van der Waals surface area contributed by atoms with Gasteiger partial charge in [-0.05, 0) is 70.0 Å². The van der Waals surface area contributed by atoms with Crippen LogP contribution in [0.4, 0.5) is 0 Å². The molecule has 0 saturated carbocycles. The molecule has 0 fully saturated rings. The Morgan fingerprint density at radius 3 is 2.41 bits per heavy atom. The maximum atomic E-state index is 3.59. The van der Waals surface area contributed by atoms with Crippen molar-refractivity contribution in [1.29, 1.82) is 0 Å². The van der Waals surface area contributed by atoms with Crippen molar-refractivity contribution in [2.45, 2.75) is 19.3 Å². The van der Waals surface area contributed by atoms with Gasteiger partial charge in [-0.2, -0.15) is 0 Å². The minimum atomic E-state index is 0.812. The van der Waals surface area contributed by atoms with Crippen molar-refractivity contribution < 1.29 is 0 Å². The van der Waals surface area contributed by atoms with Gasteiger partial charge < -0.3 is 10.2 Å². The van der Waals surface area contributed by atoms with Gasteiger partial charge in [0.15, 0.2) is 0 Å². The van der Waals surface area contributed by atoms with E-state index >= 15 is 0 Å². The number of fused-ring (bicyclic) bond motifs is 1. The smallest absolute Gasteiger partial charge is 0.00127 e. The minimum Gasteiger partial charge on any atom is -0.316 e. The summed E-state index contributed by atoms with van der Waals surface area (Å²) in [4.78, 5) is 2.24. The predicted octanol–water partition coefficient (Wildman–Crippen LogP) is 1.94. The van der Waals surface area contributed by atoms with Gasteiger partial charge in [-0.15, -0.1) is 0 Å². The standard InChI is InChI=1S/C15H24N2/c1-17(2)9-5-8-16-12-13-10-14-6-3-4-7-15(14)11-13/h3-4,6-7,13,16H,5,8-12H2,1-2H3. The van der Waals surface area contributed by atoms with Gasteiger partial charge in [0.2, 0.25) is 0 Å². The Balaban J connectivity index is 1.63. The Morgan fingerprint density at radius 2 is 1.82 bits per heavy atom. The number of hydrogen-bond donors (Lipinski definition) is 1. The van der Waals surface area contributed by atoms with Gasteiger partial charge in [-0.3, -0.25) is 0 Å². The number of benzene rings is 1. The second-order valence-electron chi connectivity index (χ2n) is 5.40. The molecule has 0 aliphatic heterocycles. The van der Waals surface area contributed by atoms with Crippen molar-refractivity contribution in [3.05, 3.63) is 35.4 Å². The van der Waals surface area contributed by atoms with Crippen LogP contribution in [0.15, 0.2) is 24.3 Å². The van der Waals surface area contributed by atoms with E-state index in [4.69, 9.17) is 0 Å². The lowest BCUT2D eigenvalue weighted by Crippen LogP contribution is -2.26. The third-order valence-corrected chi connectivity index (χ3v) is 3.53. The molecule has 1 N–H and O–H groups in total. The van der Waals surface area contributed by atoms with Crippen LogP contribution in [0.2, 0.25) is 0 Å². The molecular weight excluding hydrogens is 208 g/mol. The minimum absolute atomic E-state index is 0.812. The molecule has 1 aromatic carbocycles. The Labute approximate surface area is 105 Å². The molecule has 1 aromatic rings. The number of rotatable bonds is 6. The van der Waals surface area contributed by atoms with Gasteiger partial charge in [0, 0.05) is 0 Å². The fraction of sp³-hybridized carbons (Fsp3) is 0.600. The van der Waals surface area contributed by atoms with Crippen LogP contribution >= 0.6 is 0 Å². The predicted molar refractivity (Wildman–Crippen MR) is 73.4 cm³/mol. The fourth-order valence-corrected chi connectivity index (χ4v) is 2.62. The van der Waals surface area contributed by atoms with Crippen molar-refractivity contribution in [3.63, 3.8) is 0 Å². The van der Waals surface area contributed by atoms with Crippen molar-refractivity contribution in [1.82, 2.24) is 10.2 Å². The highest BCUT2D eigenvalue weighted by atomic mass is 15.1. The van der Waals surface area contributed by atoms with Gasteiger partial charge in [0.1, 0.15) is 0 Å². The molecular formula is C15H24N2. The van der Waals surface area contributed by atoms with E-state index in [1.807, 2.05) is 0 Å². The zero-order chi connectivity index (χ0) is 12.1. The molecule has 0 radical (unpaired) electrons. The summed E-state index contributed by atoms with van der Waals surface area (Å²) in [6.45, 7) is 3.49. The van der Waals surface area contributed by atoms with Gasteiger partial charge in [-0.1, -0.05) is 24.3 Å². The van der Waals surface area contributed by atoms with Crippen LogP contribution in [0.25, 0.3) is 0 Å². The fourth-order valence-electron chi connectivity index (χ4n) is 2.62. The van der Waals surface area contributed by atoms with Crippen LogP contribution in [-0.4, -0.2) is 38.6 Å². The Hall–Kier alpha value is -0.860. The quantitative estimate of drug-likeness (QED) is 0.754. The topological polar surface area (TPSA) is 15.3 Å². The van der Waals surface area contributed by atoms with Crippen molar-refractivity contribution >= 4 is 0 Å². The first-order valence-electron chi connectivity index (χ1n) is 6.68. The number of hydrogen-bond acceptors (Lipinski definition) is 2. The summed E-state index contributed by atoms with van der Waals surface area (Å²) in [5.41, 5.74) is 3.13. The highest BCUT2D eigenvalue weighted by molar-refractivity contribution is 5.32. The lowest BCUT2D eigenvalue weighted by molar-refractivity contribution is 0.388. The molecule has 17 heavy (non-hydrogen) atoms. The molecule has 0 heterocycles. The third kappa shape index (κ3) is 3.83. The van der Waals surface area contributed by atoms with Crippen LogP contribution in [0.3, 0.4) is 0 Å². The highest BCUT2D eigenvalue weighted by Gasteiger charge is 2.19. The summed E-state index contributed by atoms with van der Waals surface area (Å²) in [7, 11) is 4.27. The molecule has 1 aliphatic rings. The zero-order valence-electron chi connectivity index (χ0n) is 11.1. The molecule has 2 rings (SSSR count). The van der Waals surface area contributed by atoms with Crippen molar-refractivity contribution in [2.24, 2.45) is 5.92 Å². The lowest BCUT2D eigenvalue weighted by atomic mass is 10.1. The van der Waals surface area contributed by atoms with Crippen LogP contribution in [0.1, 0.15) is 17.5 Å². The van der Waals surface area contributed by atoms with E-state index in [1.54, 1.807) is 11.1 Å². The Kier molecular flexibility index (Phi) is 4.57. The van der Waals surface area contributed by atoms with E-state index in [0.717, 1.165) is 12.5 Å². The normalized spacial score (nSPS) is 15.5. The summed E-state index contributed by atoms with van der Waals surface area (Å²) >= 11 is 0. The summed E-state index contributed by atoms with van der Waals surface area (Å²) in [5, 5.41) is 3.59. The molecule has 0 spiro atoms. The molecule has 0 aromatic heterocycles. The first kappa shape index (κ1) is 12.6. The van der Waals surface area contributed by atoms with Gasteiger partial charge in [0.25, 0.3) is 0 Å². The van der Waals surface area contributed by atoms with Crippen LogP contribution in [-0.2, 0) is 12.8 Å². The first-order valence-corrected chi connectivity index (χ1v) is 6.68. The van der Waals surface area contributed by atoms with Crippen LogP contribution < -0.4 is 5.32 Å². The second-order valence-corrected chi connectivity index (χ2v) is 5.40. The second kappa shape index (κ2) is 6.18. The zero-order valence-corrected chi connectivity index (χ0v) is 11.1. The molecule has 2 heteroatoms. The Morgan fingerprint density at radius 1 is 1.18 bits per heavy atom. The molecule has 0 unspecified atom stereocenters. The Bertz CT molecular complexity index is 322. The number of nitrogens with one attached hydrogen (secondary N) is 1. The molecule has 0 atom stereocenters. The summed E-state index contributed by atoms with van der Waals surface area (Å²) in [6.07, 6.45) is 3.76. The van der Waals surface area contributed by atoms with Crippen LogP contribution in [0.5, 0.6) is 0 Å². The van der Waals surface area contributed by atoms with E-state index in [2.05, 4.69) is 48.6 Å². The lowest BCUT2D eigenvalue weighted by Gasteiger charge is -2.12. The average Bonchev–Trinajstić information content (AvgIpc) is 2.70. The number of nitrogens with zero attached hydrogens (tertiary/aromatic N) is 1. The molecule has 0 amide bonds. The van der Waals surface area contributed by atoms with E-state index in [1.165, 1.54) is 32.4 Å². The SMILES string of the molecule is CN(C)CCCNCC1Cc2ccccc2C1. The maximum Gasteiger partial charge on any atom is -0.00127 e. The van der Waals surface area contributed by atoms with Gasteiger partial charge in [-0.25, -0.2) is 0 Å². The summed E-state index contributed by atoms with van der Waals surface area (Å²) in [6, 6.07) is 8.88. The maximum absolute atomic E-state index is 3.59. The van der Waals surface area contributed by atoms with Gasteiger partial charge in [0.05, 0.1) is 0 Å². The largest absolute Gasteiger partial charge is 0.316 e. The monoisotopic (exact) mass is 232 g/mol.